The molecule has 1 fully saturated rings. The molecule has 6 nitrogen and oxygen atoms in total. The van der Waals surface area contributed by atoms with Crippen molar-refractivity contribution in [1.82, 2.24) is 9.97 Å². The van der Waals surface area contributed by atoms with Crippen LogP contribution in [-0.4, -0.2) is 40.7 Å². The maximum Gasteiger partial charge on any atom is 0.323 e. The number of carbonyl (C=O) groups is 1. The topological polar surface area (TPSA) is 75.5 Å². The molecule has 1 N–H and O–H groups in total. The van der Waals surface area contributed by atoms with E-state index in [0.29, 0.717) is 11.8 Å². The number of ether oxygens (including phenoxy) is 1. The van der Waals surface area contributed by atoms with Gasteiger partial charge in [0, 0.05) is 18.3 Å². The molecule has 0 bridgehead atoms. The lowest BCUT2D eigenvalue weighted by Gasteiger charge is -2.19. The summed E-state index contributed by atoms with van der Waals surface area (Å²) < 4.78 is 4.98. The fourth-order valence-electron chi connectivity index (χ4n) is 1.48. The monoisotopic (exact) mass is 223 g/mol. The predicted octanol–water partition coefficient (Wildman–Crippen LogP) is 0.539. The van der Waals surface area contributed by atoms with Gasteiger partial charge in [-0.05, 0) is 12.8 Å². The number of aromatic nitrogens is 2. The van der Waals surface area contributed by atoms with Gasteiger partial charge in [0.25, 0.3) is 0 Å². The van der Waals surface area contributed by atoms with Crippen LogP contribution in [0, 0.1) is 0 Å². The minimum Gasteiger partial charge on any atom is -0.481 e. The predicted molar refractivity (Wildman–Crippen MR) is 56.6 cm³/mol. The van der Waals surface area contributed by atoms with Crippen LogP contribution in [0.15, 0.2) is 12.3 Å². The average Bonchev–Trinajstić information content (AvgIpc) is 3.09. The van der Waals surface area contributed by atoms with Crippen LogP contribution in [0.3, 0.4) is 0 Å². The van der Waals surface area contributed by atoms with Crippen molar-refractivity contribution in [3.8, 4) is 5.88 Å². The molecule has 2 rings (SSSR count). The first kappa shape index (κ1) is 10.7. The van der Waals surface area contributed by atoms with Gasteiger partial charge in [0.1, 0.15) is 6.54 Å². The Kier molecular flexibility index (Phi) is 2.89. The molecule has 1 aliphatic rings. The van der Waals surface area contributed by atoms with Gasteiger partial charge in [0.15, 0.2) is 0 Å². The summed E-state index contributed by atoms with van der Waals surface area (Å²) in [5.41, 5.74) is 0. The lowest BCUT2D eigenvalue weighted by molar-refractivity contribution is -0.135. The maximum absolute atomic E-state index is 10.7. The van der Waals surface area contributed by atoms with E-state index < -0.39 is 5.97 Å². The first-order valence-corrected chi connectivity index (χ1v) is 5.06. The third kappa shape index (κ3) is 2.39. The Morgan fingerprint density at radius 2 is 2.44 bits per heavy atom. The minimum atomic E-state index is -0.877. The molecule has 1 aliphatic carbocycles. The largest absolute Gasteiger partial charge is 0.481 e. The molecule has 1 aromatic rings. The van der Waals surface area contributed by atoms with Crippen molar-refractivity contribution in [3.05, 3.63) is 12.3 Å². The number of carboxylic acid groups (broad SMARTS) is 1. The van der Waals surface area contributed by atoms with Crippen LogP contribution in [0.1, 0.15) is 12.8 Å². The van der Waals surface area contributed by atoms with E-state index >= 15 is 0 Å². The summed E-state index contributed by atoms with van der Waals surface area (Å²) in [6.45, 7) is -0.0716. The van der Waals surface area contributed by atoms with Crippen molar-refractivity contribution in [2.24, 2.45) is 0 Å². The van der Waals surface area contributed by atoms with E-state index in [9.17, 15) is 4.79 Å². The van der Waals surface area contributed by atoms with Crippen LogP contribution >= 0.6 is 0 Å². The highest BCUT2D eigenvalue weighted by Crippen LogP contribution is 2.29. The molecular weight excluding hydrogens is 210 g/mol. The summed E-state index contributed by atoms with van der Waals surface area (Å²) in [4.78, 5) is 20.6. The smallest absolute Gasteiger partial charge is 0.323 e. The zero-order chi connectivity index (χ0) is 11.5. The molecule has 1 aromatic heterocycles. The number of hydrogen-bond acceptors (Lipinski definition) is 5. The van der Waals surface area contributed by atoms with E-state index in [1.54, 1.807) is 17.2 Å². The van der Waals surface area contributed by atoms with Gasteiger partial charge < -0.3 is 14.7 Å². The fraction of sp³-hybridized carbons (Fsp3) is 0.500. The second-order valence-corrected chi connectivity index (χ2v) is 3.65. The lowest BCUT2D eigenvalue weighted by atomic mass is 10.5. The number of nitrogens with zero attached hydrogens (tertiary/aromatic N) is 3. The standard InChI is InChI=1S/C10H13N3O3/c1-16-8-4-5-11-10(12-8)13(6-9(14)15)7-2-3-7/h4-5,7H,2-3,6H2,1H3,(H,14,15). The number of rotatable bonds is 5. The molecule has 0 saturated heterocycles. The van der Waals surface area contributed by atoms with Crippen LogP contribution in [0.25, 0.3) is 0 Å². The van der Waals surface area contributed by atoms with Gasteiger partial charge in [-0.25, -0.2) is 4.98 Å². The first-order valence-electron chi connectivity index (χ1n) is 5.06. The van der Waals surface area contributed by atoms with Crippen molar-refractivity contribution in [2.75, 3.05) is 18.6 Å². The summed E-state index contributed by atoms with van der Waals surface area (Å²) in [5, 5.41) is 8.82. The van der Waals surface area contributed by atoms with E-state index in [2.05, 4.69) is 9.97 Å². The van der Waals surface area contributed by atoms with Gasteiger partial charge in [-0.2, -0.15) is 4.98 Å². The fourth-order valence-corrected chi connectivity index (χ4v) is 1.48. The van der Waals surface area contributed by atoms with Gasteiger partial charge in [-0.1, -0.05) is 0 Å². The molecule has 0 aliphatic heterocycles. The van der Waals surface area contributed by atoms with Gasteiger partial charge in [-0.3, -0.25) is 4.79 Å². The molecule has 0 unspecified atom stereocenters. The molecule has 6 heteroatoms. The van der Waals surface area contributed by atoms with Crippen LogP contribution in [-0.2, 0) is 4.79 Å². The molecule has 86 valence electrons. The Balaban J connectivity index is 2.20. The summed E-state index contributed by atoms with van der Waals surface area (Å²) in [5.74, 6) is -0.0105. The Hall–Kier alpha value is -1.85. The van der Waals surface area contributed by atoms with Gasteiger partial charge in [0.05, 0.1) is 7.11 Å². The van der Waals surface area contributed by atoms with Crippen molar-refractivity contribution < 1.29 is 14.6 Å². The SMILES string of the molecule is COc1ccnc(N(CC(=O)O)C2CC2)n1. The van der Waals surface area contributed by atoms with Gasteiger partial charge in [-0.15, -0.1) is 0 Å². The normalized spacial score (nSPS) is 14.6. The van der Waals surface area contributed by atoms with Crippen molar-refractivity contribution in [1.29, 1.82) is 0 Å². The third-order valence-electron chi connectivity index (χ3n) is 2.38. The summed E-state index contributed by atoms with van der Waals surface area (Å²) in [7, 11) is 1.52. The van der Waals surface area contributed by atoms with E-state index in [1.807, 2.05) is 0 Å². The summed E-state index contributed by atoms with van der Waals surface area (Å²) in [6, 6.07) is 1.89. The number of anilines is 1. The Morgan fingerprint density at radius 1 is 1.69 bits per heavy atom. The second-order valence-electron chi connectivity index (χ2n) is 3.65. The van der Waals surface area contributed by atoms with Crippen LogP contribution in [0.4, 0.5) is 5.95 Å². The highest BCUT2D eigenvalue weighted by Gasteiger charge is 2.32. The third-order valence-corrected chi connectivity index (χ3v) is 2.38. The molecule has 0 atom stereocenters. The van der Waals surface area contributed by atoms with E-state index in [0.717, 1.165) is 12.8 Å². The van der Waals surface area contributed by atoms with E-state index in [4.69, 9.17) is 9.84 Å². The van der Waals surface area contributed by atoms with Gasteiger partial charge in [0.2, 0.25) is 11.8 Å². The average molecular weight is 223 g/mol. The van der Waals surface area contributed by atoms with Crippen LogP contribution in [0.2, 0.25) is 0 Å². The molecular formula is C10H13N3O3. The Bertz CT molecular complexity index is 393. The van der Waals surface area contributed by atoms with Crippen LogP contribution in [0.5, 0.6) is 5.88 Å². The highest BCUT2D eigenvalue weighted by molar-refractivity contribution is 5.73. The molecule has 1 heterocycles. The van der Waals surface area contributed by atoms with Crippen molar-refractivity contribution >= 4 is 11.9 Å². The highest BCUT2D eigenvalue weighted by atomic mass is 16.5. The maximum atomic E-state index is 10.7. The number of hydrogen-bond donors (Lipinski definition) is 1. The zero-order valence-electron chi connectivity index (χ0n) is 8.96. The molecule has 0 aromatic carbocycles. The molecule has 1 saturated carbocycles. The van der Waals surface area contributed by atoms with Crippen LogP contribution < -0.4 is 9.64 Å². The number of aliphatic carboxylic acids is 1. The minimum absolute atomic E-state index is 0.0716. The van der Waals surface area contributed by atoms with E-state index in [1.165, 1.54) is 7.11 Å². The summed E-state index contributed by atoms with van der Waals surface area (Å²) >= 11 is 0. The molecule has 16 heavy (non-hydrogen) atoms. The molecule has 0 radical (unpaired) electrons. The molecule has 0 amide bonds. The van der Waals surface area contributed by atoms with Crippen molar-refractivity contribution in [3.63, 3.8) is 0 Å². The molecule has 0 spiro atoms. The lowest BCUT2D eigenvalue weighted by Crippen LogP contribution is -2.33. The first-order chi connectivity index (χ1) is 7.70. The Labute approximate surface area is 92.9 Å². The number of carboxylic acids is 1. The zero-order valence-corrected chi connectivity index (χ0v) is 8.96. The van der Waals surface area contributed by atoms with Gasteiger partial charge >= 0.3 is 5.97 Å². The quantitative estimate of drug-likeness (QED) is 0.785. The van der Waals surface area contributed by atoms with E-state index in [-0.39, 0.29) is 12.6 Å². The number of methoxy groups -OCH3 is 1. The summed E-state index contributed by atoms with van der Waals surface area (Å²) in [6.07, 6.45) is 3.56. The Morgan fingerprint density at radius 3 is 3.00 bits per heavy atom. The van der Waals surface area contributed by atoms with Crippen molar-refractivity contribution in [2.45, 2.75) is 18.9 Å². The second kappa shape index (κ2) is 4.34.